The van der Waals surface area contributed by atoms with Gasteiger partial charge in [-0.15, -0.1) is 0 Å². The van der Waals surface area contributed by atoms with Gasteiger partial charge in [0.2, 0.25) is 0 Å². The van der Waals surface area contributed by atoms with Gasteiger partial charge >= 0.3 is 10.1 Å². The molecule has 3 rings (SSSR count). The summed E-state index contributed by atoms with van der Waals surface area (Å²) in [4.78, 5) is 12.4. The second-order valence-electron chi connectivity index (χ2n) is 6.00. The molecule has 0 atom stereocenters. The zero-order valence-corrected chi connectivity index (χ0v) is 15.8. The predicted molar refractivity (Wildman–Crippen MR) is 103 cm³/mol. The molecule has 0 aliphatic carbocycles. The van der Waals surface area contributed by atoms with Crippen molar-refractivity contribution in [3.8, 4) is 11.5 Å². The Morgan fingerprint density at radius 1 is 0.893 bits per heavy atom. The van der Waals surface area contributed by atoms with Crippen LogP contribution < -0.4 is 8.92 Å². The molecule has 0 amide bonds. The van der Waals surface area contributed by atoms with Crippen molar-refractivity contribution in [2.24, 2.45) is 0 Å². The summed E-state index contributed by atoms with van der Waals surface area (Å²) in [5.74, 6) is -0.400. The number of hydrogen-bond acceptors (Lipinski definition) is 5. The highest BCUT2D eigenvalue weighted by atomic mass is 32.2. The highest BCUT2D eigenvalue weighted by Crippen LogP contribution is 2.20. The van der Waals surface area contributed by atoms with Gasteiger partial charge in [-0.1, -0.05) is 12.1 Å². The smallest absolute Gasteiger partial charge is 0.313 e. The second-order valence-corrected chi connectivity index (χ2v) is 7.57. The van der Waals surface area contributed by atoms with E-state index in [1.54, 1.807) is 24.3 Å². The Hall–Kier alpha value is -3.19. The van der Waals surface area contributed by atoms with Gasteiger partial charge in [0.1, 0.15) is 23.1 Å². The van der Waals surface area contributed by atoms with Crippen molar-refractivity contribution in [3.63, 3.8) is 0 Å². The number of methoxy groups -OCH3 is 1. The minimum absolute atomic E-state index is 0.0959. The molecule has 0 saturated carbocycles. The fourth-order valence-electron chi connectivity index (χ4n) is 2.57. The van der Waals surface area contributed by atoms with Crippen molar-refractivity contribution in [1.29, 1.82) is 0 Å². The van der Waals surface area contributed by atoms with Gasteiger partial charge < -0.3 is 8.92 Å². The quantitative estimate of drug-likeness (QED) is 0.443. The van der Waals surface area contributed by atoms with Gasteiger partial charge in [-0.05, 0) is 66.2 Å². The first-order valence-electron chi connectivity index (χ1n) is 8.32. The number of hydrogen-bond donors (Lipinski definition) is 0. The summed E-state index contributed by atoms with van der Waals surface area (Å²) in [6.07, 6.45) is 0. The number of carbonyl (C=O) groups excluding carboxylic acids is 1. The number of carbonyl (C=O) groups is 1. The molecule has 0 fully saturated rings. The molecule has 5 nitrogen and oxygen atoms in total. The maximum atomic E-state index is 13.0. The van der Waals surface area contributed by atoms with Gasteiger partial charge in [-0.3, -0.25) is 4.79 Å². The van der Waals surface area contributed by atoms with E-state index in [9.17, 15) is 17.6 Å². The molecule has 0 radical (unpaired) electrons. The second kappa shape index (κ2) is 8.22. The number of ketones is 1. The molecule has 0 aliphatic heterocycles. The summed E-state index contributed by atoms with van der Waals surface area (Å²) < 4.78 is 47.7. The van der Waals surface area contributed by atoms with Crippen LogP contribution in [0.1, 0.15) is 21.5 Å². The summed E-state index contributed by atoms with van der Waals surface area (Å²) in [7, 11) is -2.39. The van der Waals surface area contributed by atoms with E-state index in [4.69, 9.17) is 8.92 Å². The van der Waals surface area contributed by atoms with Crippen molar-refractivity contribution >= 4 is 15.9 Å². The van der Waals surface area contributed by atoms with Crippen molar-refractivity contribution in [3.05, 3.63) is 95.3 Å². The molecule has 0 spiro atoms. The predicted octanol–water partition coefficient (Wildman–Crippen LogP) is 3.97. The highest BCUT2D eigenvalue weighted by Gasteiger charge is 2.16. The summed E-state index contributed by atoms with van der Waals surface area (Å²) in [6, 6.07) is 17.6. The van der Waals surface area contributed by atoms with Crippen LogP contribution in [0.3, 0.4) is 0 Å². The van der Waals surface area contributed by atoms with Gasteiger partial charge in [0.25, 0.3) is 0 Å². The van der Waals surface area contributed by atoms with Crippen LogP contribution in [0.2, 0.25) is 0 Å². The number of benzene rings is 3. The summed E-state index contributed by atoms with van der Waals surface area (Å²) >= 11 is 0. The Kier molecular flexibility index (Phi) is 5.75. The summed E-state index contributed by atoms with van der Waals surface area (Å²) in [6.45, 7) is 0. The minimum atomic E-state index is -3.88. The van der Waals surface area contributed by atoms with Crippen molar-refractivity contribution < 1.29 is 26.5 Å². The Labute approximate surface area is 162 Å². The van der Waals surface area contributed by atoms with Crippen LogP contribution in [0.5, 0.6) is 11.5 Å². The first kappa shape index (κ1) is 19.6. The molecule has 0 N–H and O–H groups in total. The Morgan fingerprint density at radius 2 is 1.50 bits per heavy atom. The summed E-state index contributed by atoms with van der Waals surface area (Å²) in [5.41, 5.74) is 1.20. The van der Waals surface area contributed by atoms with Crippen LogP contribution >= 0.6 is 0 Å². The van der Waals surface area contributed by atoms with Crippen LogP contribution in [0.25, 0.3) is 0 Å². The third-order valence-corrected chi connectivity index (χ3v) is 5.06. The molecule has 0 aromatic heterocycles. The SMILES string of the molecule is COc1cccc(CS(=O)(=O)Oc2ccc(C(=O)c3ccc(F)cc3)cc2)c1. The van der Waals surface area contributed by atoms with Crippen LogP contribution in [0.4, 0.5) is 4.39 Å². The van der Waals surface area contributed by atoms with E-state index in [0.717, 1.165) is 0 Å². The van der Waals surface area contributed by atoms with E-state index >= 15 is 0 Å². The van der Waals surface area contributed by atoms with Gasteiger partial charge in [-0.2, -0.15) is 8.42 Å². The standard InChI is InChI=1S/C21H17FO5S/c1-26-20-4-2-3-15(13-20)14-28(24,25)27-19-11-7-17(8-12-19)21(23)16-5-9-18(22)10-6-16/h2-13H,14H2,1H3. The molecule has 144 valence electrons. The molecule has 7 heteroatoms. The lowest BCUT2D eigenvalue weighted by molar-refractivity contribution is 0.103. The zero-order chi connectivity index (χ0) is 20.1. The Balaban J connectivity index is 1.70. The molecule has 0 aliphatic rings. The van der Waals surface area contributed by atoms with Crippen molar-refractivity contribution in [2.45, 2.75) is 5.75 Å². The third kappa shape index (κ3) is 4.95. The van der Waals surface area contributed by atoms with Gasteiger partial charge in [0, 0.05) is 11.1 Å². The minimum Gasteiger partial charge on any atom is -0.497 e. The van der Waals surface area contributed by atoms with E-state index in [1.165, 1.54) is 55.6 Å². The molecule has 3 aromatic rings. The molecule has 0 unspecified atom stereocenters. The fourth-order valence-corrected chi connectivity index (χ4v) is 3.62. The highest BCUT2D eigenvalue weighted by molar-refractivity contribution is 7.86. The van der Waals surface area contributed by atoms with Gasteiger partial charge in [0.05, 0.1) is 7.11 Å². The van der Waals surface area contributed by atoms with Crippen molar-refractivity contribution in [1.82, 2.24) is 0 Å². The summed E-state index contributed by atoms with van der Waals surface area (Å²) in [5, 5.41) is 0. The largest absolute Gasteiger partial charge is 0.497 e. The van der Waals surface area contributed by atoms with Crippen LogP contribution in [-0.2, 0) is 15.9 Å². The van der Waals surface area contributed by atoms with Crippen LogP contribution in [-0.4, -0.2) is 21.3 Å². The molecular weight excluding hydrogens is 383 g/mol. The molecule has 0 bridgehead atoms. The van der Waals surface area contributed by atoms with E-state index in [0.29, 0.717) is 22.4 Å². The maximum absolute atomic E-state index is 13.0. The Morgan fingerprint density at radius 3 is 2.11 bits per heavy atom. The monoisotopic (exact) mass is 400 g/mol. The molecule has 3 aromatic carbocycles. The first-order chi connectivity index (χ1) is 13.4. The normalized spacial score (nSPS) is 11.1. The Bertz CT molecular complexity index is 1070. The number of rotatable bonds is 7. The lowest BCUT2D eigenvalue weighted by atomic mass is 10.0. The topological polar surface area (TPSA) is 69.7 Å². The van der Waals surface area contributed by atoms with E-state index < -0.39 is 15.9 Å². The van der Waals surface area contributed by atoms with Crippen molar-refractivity contribution in [2.75, 3.05) is 7.11 Å². The van der Waals surface area contributed by atoms with Crippen LogP contribution in [0.15, 0.2) is 72.8 Å². The van der Waals surface area contributed by atoms with Gasteiger partial charge in [-0.25, -0.2) is 4.39 Å². The lowest BCUT2D eigenvalue weighted by Crippen LogP contribution is -2.12. The van der Waals surface area contributed by atoms with Crippen LogP contribution in [0, 0.1) is 5.82 Å². The molecule has 0 saturated heterocycles. The van der Waals surface area contributed by atoms with Gasteiger partial charge in [0.15, 0.2) is 5.78 Å². The zero-order valence-electron chi connectivity index (χ0n) is 15.0. The van der Waals surface area contributed by atoms with E-state index in [1.807, 2.05) is 0 Å². The first-order valence-corrected chi connectivity index (χ1v) is 9.89. The molecular formula is C21H17FO5S. The molecule has 0 heterocycles. The average molecular weight is 400 g/mol. The number of halogens is 1. The fraction of sp³-hybridized carbons (Fsp3) is 0.0952. The maximum Gasteiger partial charge on any atom is 0.313 e. The average Bonchev–Trinajstić information content (AvgIpc) is 2.68. The number of ether oxygens (including phenoxy) is 1. The van der Waals surface area contributed by atoms with E-state index in [-0.39, 0.29) is 17.3 Å². The molecule has 28 heavy (non-hydrogen) atoms. The lowest BCUT2D eigenvalue weighted by Gasteiger charge is -2.09. The van der Waals surface area contributed by atoms with E-state index in [2.05, 4.69) is 0 Å². The third-order valence-electron chi connectivity index (χ3n) is 3.92.